The minimum atomic E-state index is -3.54. The van der Waals surface area contributed by atoms with Crippen LogP contribution in [0.25, 0.3) is 0 Å². The fraction of sp³-hybridized carbons (Fsp3) is 1.00. The van der Waals surface area contributed by atoms with Gasteiger partial charge >= 0.3 is 0 Å². The molecule has 102 valence electrons. The summed E-state index contributed by atoms with van der Waals surface area (Å²) in [6, 6.07) is 0. The molecule has 0 saturated carbocycles. The van der Waals surface area contributed by atoms with Crippen molar-refractivity contribution in [3.8, 4) is 0 Å². The average molecular weight is 285 g/mol. The third-order valence-corrected chi connectivity index (χ3v) is 6.26. The summed E-state index contributed by atoms with van der Waals surface area (Å²) in [6.45, 7) is 2.93. The predicted octanol–water partition coefficient (Wildman–Crippen LogP) is -0.746. The third kappa shape index (κ3) is 4.90. The van der Waals surface area contributed by atoms with Gasteiger partial charge in [-0.3, -0.25) is 0 Å². The highest BCUT2D eigenvalue weighted by atomic mass is 32.2. The first-order valence-electron chi connectivity index (χ1n) is 5.43. The van der Waals surface area contributed by atoms with E-state index in [4.69, 9.17) is 0 Å². The fourth-order valence-electron chi connectivity index (χ4n) is 1.57. The molecule has 0 unspecified atom stereocenters. The number of nitrogens with one attached hydrogen (secondary N) is 1. The zero-order valence-electron chi connectivity index (χ0n) is 10.0. The number of hydrogen-bond acceptors (Lipinski definition) is 5. The number of hydrogen-bond donors (Lipinski definition) is 2. The molecule has 1 heterocycles. The van der Waals surface area contributed by atoms with E-state index in [1.54, 1.807) is 0 Å². The van der Waals surface area contributed by atoms with Crippen LogP contribution in [0.15, 0.2) is 0 Å². The molecule has 8 heteroatoms. The van der Waals surface area contributed by atoms with Gasteiger partial charge in [0.1, 0.15) is 9.84 Å². The molecule has 1 saturated heterocycles. The van der Waals surface area contributed by atoms with Gasteiger partial charge in [-0.15, -0.1) is 0 Å². The standard InChI is InChI=1S/C9H19NO5S2/c1-9(2,11)7-10-17(14,15)8-3-5-16(12,13)6-4-8/h8,10-11H,3-7H2,1-2H3. The summed E-state index contributed by atoms with van der Waals surface area (Å²) in [5, 5.41) is 8.77. The van der Waals surface area contributed by atoms with Crippen molar-refractivity contribution < 1.29 is 21.9 Å². The van der Waals surface area contributed by atoms with Gasteiger partial charge in [-0.1, -0.05) is 0 Å². The number of sulfone groups is 1. The highest BCUT2D eigenvalue weighted by Crippen LogP contribution is 2.18. The Morgan fingerprint density at radius 2 is 1.76 bits per heavy atom. The molecule has 1 fully saturated rings. The van der Waals surface area contributed by atoms with Gasteiger partial charge in [-0.2, -0.15) is 0 Å². The molecule has 1 rings (SSSR count). The smallest absolute Gasteiger partial charge is 0.214 e. The van der Waals surface area contributed by atoms with Crippen LogP contribution in [0.1, 0.15) is 26.7 Å². The summed E-state index contributed by atoms with van der Waals surface area (Å²) < 4.78 is 48.3. The van der Waals surface area contributed by atoms with Crippen molar-refractivity contribution >= 4 is 19.9 Å². The normalized spacial score (nSPS) is 22.5. The van der Waals surface area contributed by atoms with Crippen molar-refractivity contribution in [1.29, 1.82) is 0 Å². The van der Waals surface area contributed by atoms with Gasteiger partial charge in [0.2, 0.25) is 10.0 Å². The monoisotopic (exact) mass is 285 g/mol. The largest absolute Gasteiger partial charge is 0.389 e. The Balaban J connectivity index is 2.61. The van der Waals surface area contributed by atoms with Gasteiger partial charge in [-0.25, -0.2) is 21.6 Å². The van der Waals surface area contributed by atoms with E-state index in [1.807, 2.05) is 0 Å². The van der Waals surface area contributed by atoms with Crippen LogP contribution in [-0.2, 0) is 19.9 Å². The summed E-state index contributed by atoms with van der Waals surface area (Å²) in [4.78, 5) is 0. The second-order valence-corrected chi connectivity index (χ2v) is 9.38. The van der Waals surface area contributed by atoms with Crippen molar-refractivity contribution in [2.45, 2.75) is 37.5 Å². The van der Waals surface area contributed by atoms with Crippen LogP contribution in [0.3, 0.4) is 0 Å². The van der Waals surface area contributed by atoms with Gasteiger partial charge in [0.05, 0.1) is 22.4 Å². The maximum atomic E-state index is 11.8. The molecule has 1 aliphatic heterocycles. The van der Waals surface area contributed by atoms with E-state index in [1.165, 1.54) is 13.8 Å². The van der Waals surface area contributed by atoms with Gasteiger partial charge in [-0.05, 0) is 26.7 Å². The molecule has 0 aliphatic carbocycles. The minimum Gasteiger partial charge on any atom is -0.389 e. The lowest BCUT2D eigenvalue weighted by molar-refractivity contribution is 0.0856. The zero-order valence-corrected chi connectivity index (χ0v) is 11.6. The van der Waals surface area contributed by atoms with E-state index < -0.39 is 30.7 Å². The first kappa shape index (κ1) is 14.9. The first-order chi connectivity index (χ1) is 7.52. The van der Waals surface area contributed by atoms with Gasteiger partial charge in [0, 0.05) is 6.54 Å². The number of sulfonamides is 1. The van der Waals surface area contributed by atoms with E-state index >= 15 is 0 Å². The average Bonchev–Trinajstić information content (AvgIpc) is 2.13. The molecule has 0 radical (unpaired) electrons. The maximum absolute atomic E-state index is 11.8. The van der Waals surface area contributed by atoms with Gasteiger partial charge in [0.15, 0.2) is 0 Å². The van der Waals surface area contributed by atoms with Crippen molar-refractivity contribution in [3.05, 3.63) is 0 Å². The van der Waals surface area contributed by atoms with E-state index in [9.17, 15) is 21.9 Å². The Morgan fingerprint density at radius 1 is 1.29 bits per heavy atom. The number of rotatable bonds is 4. The van der Waals surface area contributed by atoms with E-state index in [0.29, 0.717) is 0 Å². The summed E-state index contributed by atoms with van der Waals surface area (Å²) in [5.74, 6) is -0.164. The van der Waals surface area contributed by atoms with Crippen LogP contribution in [0, 0.1) is 0 Å². The van der Waals surface area contributed by atoms with Crippen LogP contribution >= 0.6 is 0 Å². The Morgan fingerprint density at radius 3 is 2.18 bits per heavy atom. The lowest BCUT2D eigenvalue weighted by atomic mass is 10.1. The number of aliphatic hydroxyl groups is 1. The molecular formula is C9H19NO5S2. The van der Waals surface area contributed by atoms with Crippen LogP contribution in [0.4, 0.5) is 0 Å². The fourth-order valence-corrected chi connectivity index (χ4v) is 5.01. The zero-order chi connectivity index (χ0) is 13.3. The molecule has 0 atom stereocenters. The lowest BCUT2D eigenvalue weighted by Gasteiger charge is -2.24. The molecule has 0 spiro atoms. The van der Waals surface area contributed by atoms with Gasteiger partial charge in [0.25, 0.3) is 0 Å². The Labute approximate surface area is 102 Å². The molecule has 0 bridgehead atoms. The van der Waals surface area contributed by atoms with Crippen molar-refractivity contribution in [1.82, 2.24) is 4.72 Å². The van der Waals surface area contributed by atoms with E-state index in [-0.39, 0.29) is 30.9 Å². The van der Waals surface area contributed by atoms with Crippen LogP contribution in [0.5, 0.6) is 0 Å². The second-order valence-electron chi connectivity index (χ2n) is 5.03. The minimum absolute atomic E-state index is 0.0708. The van der Waals surface area contributed by atoms with Gasteiger partial charge < -0.3 is 5.11 Å². The van der Waals surface area contributed by atoms with Crippen molar-refractivity contribution in [2.75, 3.05) is 18.1 Å². The molecular weight excluding hydrogens is 266 g/mol. The Bertz CT molecular complexity index is 446. The summed E-state index contributed by atoms with van der Waals surface area (Å²) in [5.41, 5.74) is -1.12. The molecule has 17 heavy (non-hydrogen) atoms. The van der Waals surface area contributed by atoms with Crippen molar-refractivity contribution in [2.24, 2.45) is 0 Å². The first-order valence-corrected chi connectivity index (χ1v) is 8.80. The van der Waals surface area contributed by atoms with E-state index in [0.717, 1.165) is 0 Å². The summed E-state index contributed by atoms with van der Waals surface area (Å²) in [7, 11) is -6.60. The molecule has 0 aromatic rings. The molecule has 0 aromatic heterocycles. The summed E-state index contributed by atoms with van der Waals surface area (Å²) >= 11 is 0. The van der Waals surface area contributed by atoms with E-state index in [2.05, 4.69) is 4.72 Å². The quantitative estimate of drug-likeness (QED) is 0.708. The molecule has 0 aromatic carbocycles. The SMILES string of the molecule is CC(C)(O)CNS(=O)(=O)C1CCS(=O)(=O)CC1. The van der Waals surface area contributed by atoms with Crippen LogP contribution in [-0.4, -0.2) is 50.8 Å². The molecule has 0 amide bonds. The molecule has 2 N–H and O–H groups in total. The Kier molecular flexibility index (Phi) is 4.23. The lowest BCUT2D eigenvalue weighted by Crippen LogP contribution is -2.44. The summed E-state index contributed by atoms with van der Waals surface area (Å²) in [6.07, 6.45) is 0.257. The molecule has 1 aliphatic rings. The predicted molar refractivity (Wildman–Crippen MR) is 64.9 cm³/mol. The maximum Gasteiger partial charge on any atom is 0.214 e. The highest BCUT2D eigenvalue weighted by Gasteiger charge is 2.33. The topological polar surface area (TPSA) is 101 Å². The third-order valence-electron chi connectivity index (χ3n) is 2.65. The Hall–Kier alpha value is -0.180. The molecule has 6 nitrogen and oxygen atoms in total. The van der Waals surface area contributed by atoms with Crippen LogP contribution in [0.2, 0.25) is 0 Å². The second kappa shape index (κ2) is 4.83. The highest BCUT2D eigenvalue weighted by molar-refractivity contribution is 7.92. The van der Waals surface area contributed by atoms with Crippen molar-refractivity contribution in [3.63, 3.8) is 0 Å². The van der Waals surface area contributed by atoms with Crippen LogP contribution < -0.4 is 4.72 Å².